The minimum absolute atomic E-state index is 0.0225. The molecular weight excluding hydrogens is 753 g/mol. The number of piperazine rings is 1. The van der Waals surface area contributed by atoms with Crippen LogP contribution in [0.15, 0.2) is 102 Å². The predicted octanol–water partition coefficient (Wildman–Crippen LogP) is 10.2. The van der Waals surface area contributed by atoms with Crippen molar-refractivity contribution in [2.45, 2.75) is 38.3 Å². The van der Waals surface area contributed by atoms with E-state index in [0.717, 1.165) is 99.2 Å². The van der Waals surface area contributed by atoms with Crippen LogP contribution in [0.2, 0.25) is 10.0 Å². The molecule has 0 unspecified atom stereocenters. The average Bonchev–Trinajstić information content (AvgIpc) is 3.81. The van der Waals surface area contributed by atoms with Crippen LogP contribution in [0, 0.1) is 0 Å². The monoisotopic (exact) mass is 799 g/mol. The third-order valence-corrected chi connectivity index (χ3v) is 12.4. The zero-order valence-corrected chi connectivity index (χ0v) is 33.8. The Bertz CT molecular complexity index is 2330. The molecule has 2 saturated heterocycles. The van der Waals surface area contributed by atoms with Gasteiger partial charge in [-0.1, -0.05) is 59.6 Å². The van der Waals surface area contributed by atoms with Crippen LogP contribution in [-0.2, 0) is 6.54 Å². The molecule has 0 bridgehead atoms. The van der Waals surface area contributed by atoms with Gasteiger partial charge < -0.3 is 28.7 Å². The van der Waals surface area contributed by atoms with E-state index in [2.05, 4.69) is 80.0 Å². The first-order valence-electron chi connectivity index (χ1n) is 20.1. The number of amides is 1. The van der Waals surface area contributed by atoms with Gasteiger partial charge in [-0.25, -0.2) is 0 Å². The molecule has 4 heterocycles. The van der Waals surface area contributed by atoms with Gasteiger partial charge in [-0.15, -0.1) is 0 Å². The summed E-state index contributed by atoms with van der Waals surface area (Å²) >= 11 is 12.4. The summed E-state index contributed by atoms with van der Waals surface area (Å²) in [6.07, 6.45) is 5.86. The van der Waals surface area contributed by atoms with Crippen LogP contribution in [-0.4, -0.2) is 97.0 Å². The number of aromatic nitrogens is 1. The molecule has 0 N–H and O–H groups in total. The molecule has 57 heavy (non-hydrogen) atoms. The molecule has 3 aliphatic rings. The van der Waals surface area contributed by atoms with Crippen molar-refractivity contribution in [1.29, 1.82) is 0 Å². The lowest BCUT2D eigenvalue weighted by molar-refractivity contribution is 0.0774. The predicted molar refractivity (Wildman–Crippen MR) is 233 cm³/mol. The van der Waals surface area contributed by atoms with Gasteiger partial charge in [-0.05, 0) is 109 Å². The normalized spacial score (nSPS) is 17.3. The zero-order chi connectivity index (χ0) is 38.9. The Labute approximate surface area is 344 Å². The van der Waals surface area contributed by atoms with Gasteiger partial charge in [0.1, 0.15) is 0 Å². The zero-order valence-electron chi connectivity index (χ0n) is 32.3. The number of nitrogens with zero attached hydrogens (tertiary/aromatic N) is 5. The summed E-state index contributed by atoms with van der Waals surface area (Å²) in [4.78, 5) is 24.9. The van der Waals surface area contributed by atoms with E-state index in [4.69, 9.17) is 32.7 Å². The number of halogens is 2. The van der Waals surface area contributed by atoms with Gasteiger partial charge in [0.25, 0.3) is 5.91 Å². The number of hydrogen-bond donors (Lipinski definition) is 0. The van der Waals surface area contributed by atoms with Crippen LogP contribution in [0.5, 0.6) is 11.5 Å². The molecule has 1 aromatic heterocycles. The lowest BCUT2D eigenvalue weighted by Crippen LogP contribution is -2.47. The highest BCUT2D eigenvalue weighted by Gasteiger charge is 2.32. The van der Waals surface area contributed by atoms with Gasteiger partial charge >= 0.3 is 0 Å². The van der Waals surface area contributed by atoms with E-state index >= 15 is 0 Å². The van der Waals surface area contributed by atoms with Crippen LogP contribution >= 0.6 is 23.2 Å². The van der Waals surface area contributed by atoms with Crippen molar-refractivity contribution >= 4 is 62.8 Å². The van der Waals surface area contributed by atoms with Crippen LogP contribution < -0.4 is 9.47 Å². The second kappa shape index (κ2) is 16.5. The molecule has 292 valence electrons. The molecule has 5 aromatic carbocycles. The fourth-order valence-corrected chi connectivity index (χ4v) is 9.02. The number of carbonyl (C=O) groups excluding carboxylic acids is 1. The minimum Gasteiger partial charge on any atom is -0.493 e. The second-order valence-electron chi connectivity index (χ2n) is 15.4. The van der Waals surface area contributed by atoms with E-state index in [1.54, 1.807) is 13.2 Å². The Morgan fingerprint density at radius 1 is 0.667 bits per heavy atom. The fourth-order valence-electron chi connectivity index (χ4n) is 8.77. The summed E-state index contributed by atoms with van der Waals surface area (Å²) in [5, 5.41) is 4.00. The summed E-state index contributed by atoms with van der Waals surface area (Å²) in [5.74, 6) is 1.24. The number of rotatable bonds is 12. The first kappa shape index (κ1) is 37.7. The molecule has 9 rings (SSSR count). The summed E-state index contributed by atoms with van der Waals surface area (Å²) < 4.78 is 14.4. The van der Waals surface area contributed by atoms with E-state index in [1.807, 2.05) is 41.4 Å². The minimum atomic E-state index is 0.0225. The highest BCUT2D eigenvalue weighted by atomic mass is 35.5. The topological polar surface area (TPSA) is 62.5 Å². The maximum Gasteiger partial charge on any atom is 0.256 e. The smallest absolute Gasteiger partial charge is 0.256 e. The molecule has 0 aliphatic carbocycles. The Morgan fingerprint density at radius 2 is 1.25 bits per heavy atom. The van der Waals surface area contributed by atoms with Crippen LogP contribution in [0.25, 0.3) is 44.1 Å². The van der Waals surface area contributed by atoms with Gasteiger partial charge in [0.2, 0.25) is 0 Å². The van der Waals surface area contributed by atoms with Crippen molar-refractivity contribution in [3.05, 3.63) is 113 Å². The quantitative estimate of drug-likeness (QED) is 0.115. The summed E-state index contributed by atoms with van der Waals surface area (Å²) in [5.41, 5.74) is 8.43. The van der Waals surface area contributed by atoms with Crippen molar-refractivity contribution in [3.8, 4) is 33.8 Å². The largest absolute Gasteiger partial charge is 0.493 e. The number of aliphatic imine (C=N–C) groups is 1. The Balaban J connectivity index is 0.811. The molecule has 1 amide bonds. The summed E-state index contributed by atoms with van der Waals surface area (Å²) in [7, 11) is 1.62. The average molecular weight is 801 g/mol. The Morgan fingerprint density at radius 3 is 1.84 bits per heavy atom. The number of benzene rings is 5. The lowest BCUT2D eigenvalue weighted by Gasteiger charge is -2.34. The number of carbonyl (C=O) groups is 1. The molecule has 0 spiro atoms. The molecule has 3 aliphatic heterocycles. The SMILES string of the molecule is COc1cc2c(cc1OCCCN1CCN(CCCn3c4ccc(-c5ccc(Cl)cc5)cc4c4cc(-c5ccc(Cl)cc5)ccc43)CC1)N=C[C@@H]1CCCN1C2=O. The van der Waals surface area contributed by atoms with Crippen LogP contribution in [0.1, 0.15) is 36.0 Å². The molecule has 1 atom stereocenters. The van der Waals surface area contributed by atoms with Gasteiger partial charge in [0.15, 0.2) is 11.5 Å². The lowest BCUT2D eigenvalue weighted by atomic mass is 10.0. The molecule has 10 heteroatoms. The number of methoxy groups -OCH3 is 1. The van der Waals surface area contributed by atoms with E-state index in [9.17, 15) is 4.79 Å². The van der Waals surface area contributed by atoms with Crippen molar-refractivity contribution in [2.24, 2.45) is 4.99 Å². The van der Waals surface area contributed by atoms with Gasteiger partial charge in [-0.3, -0.25) is 9.79 Å². The number of fused-ring (bicyclic) bond motifs is 5. The maximum absolute atomic E-state index is 13.2. The molecular formula is C47H47Cl2N5O3. The Hall–Kier alpha value is -4.86. The maximum atomic E-state index is 13.2. The third-order valence-electron chi connectivity index (χ3n) is 11.9. The first-order valence-corrected chi connectivity index (χ1v) is 20.9. The van der Waals surface area contributed by atoms with Crippen LogP contribution in [0.4, 0.5) is 5.69 Å². The van der Waals surface area contributed by atoms with Crippen molar-refractivity contribution in [1.82, 2.24) is 19.3 Å². The highest BCUT2D eigenvalue weighted by molar-refractivity contribution is 6.31. The standard InChI is InChI=1S/C47H47Cl2N5O3/c1-56-45-29-41-42(50-31-38-5-2-20-53(38)47(41)55)30-46(45)57-26-4-19-52-24-22-51(23-25-52)18-3-21-54-43-16-10-34(32-6-12-36(48)13-7-32)27-39(43)40-28-35(11-17-44(40)54)33-8-14-37(49)15-9-33/h6-17,27-31,38H,2-5,18-26H2,1H3/t38-/m0/s1. The number of ether oxygens (including phenoxy) is 2. The van der Waals surface area contributed by atoms with Crippen molar-refractivity contribution < 1.29 is 14.3 Å². The van der Waals surface area contributed by atoms with E-state index in [-0.39, 0.29) is 11.9 Å². The van der Waals surface area contributed by atoms with E-state index in [0.29, 0.717) is 29.4 Å². The molecule has 0 saturated carbocycles. The van der Waals surface area contributed by atoms with Crippen molar-refractivity contribution in [3.63, 3.8) is 0 Å². The van der Waals surface area contributed by atoms with E-state index in [1.165, 1.54) is 32.9 Å². The van der Waals surface area contributed by atoms with Crippen molar-refractivity contribution in [2.75, 3.05) is 59.5 Å². The second-order valence-corrected chi connectivity index (χ2v) is 16.2. The molecule has 2 fully saturated rings. The fraction of sp³-hybridized carbons (Fsp3) is 0.319. The first-order chi connectivity index (χ1) is 27.9. The Kier molecular flexibility index (Phi) is 10.9. The molecule has 0 radical (unpaired) electrons. The number of hydrogen-bond acceptors (Lipinski definition) is 6. The van der Waals surface area contributed by atoms with Gasteiger partial charge in [0.05, 0.1) is 31.0 Å². The molecule has 8 nitrogen and oxygen atoms in total. The van der Waals surface area contributed by atoms with E-state index < -0.39 is 0 Å². The third kappa shape index (κ3) is 7.89. The highest BCUT2D eigenvalue weighted by Crippen LogP contribution is 2.39. The summed E-state index contributed by atoms with van der Waals surface area (Å²) in [6, 6.07) is 33.6. The van der Waals surface area contributed by atoms with Gasteiger partial charge in [0, 0.05) is 89.9 Å². The number of aryl methyl sites for hydroxylation is 1. The summed E-state index contributed by atoms with van der Waals surface area (Å²) in [6.45, 7) is 8.55. The van der Waals surface area contributed by atoms with Gasteiger partial charge in [-0.2, -0.15) is 0 Å². The molecule has 6 aromatic rings. The van der Waals surface area contributed by atoms with Crippen LogP contribution in [0.3, 0.4) is 0 Å².